The van der Waals surface area contributed by atoms with Crippen LogP contribution in [-0.4, -0.2) is 23.2 Å². The molecule has 1 aliphatic rings. The fraction of sp³-hybridized carbons (Fsp3) is 0.500. The van der Waals surface area contributed by atoms with Gasteiger partial charge < -0.3 is 16.2 Å². The van der Waals surface area contributed by atoms with Crippen LogP contribution in [0.5, 0.6) is 0 Å². The number of benzene rings is 1. The number of rotatable bonds is 2. The highest BCUT2D eigenvalue weighted by Gasteiger charge is 2.24. The summed E-state index contributed by atoms with van der Waals surface area (Å²) in [4.78, 5) is 12.2. The summed E-state index contributed by atoms with van der Waals surface area (Å²) in [6, 6.07) is 4.61. The van der Waals surface area contributed by atoms with Gasteiger partial charge in [0, 0.05) is 5.69 Å². The molecule has 4 nitrogen and oxygen atoms in total. The van der Waals surface area contributed by atoms with Crippen molar-refractivity contribution in [1.29, 1.82) is 0 Å². The molecule has 2 atom stereocenters. The van der Waals surface area contributed by atoms with Gasteiger partial charge >= 0.3 is 0 Å². The van der Waals surface area contributed by atoms with Crippen LogP contribution in [0.2, 0.25) is 5.02 Å². The van der Waals surface area contributed by atoms with Crippen molar-refractivity contribution in [2.24, 2.45) is 0 Å². The second-order valence-electron chi connectivity index (χ2n) is 5.02. The van der Waals surface area contributed by atoms with Crippen LogP contribution in [0, 0.1) is 0 Å². The summed E-state index contributed by atoms with van der Waals surface area (Å²) in [6.45, 7) is 0. The van der Waals surface area contributed by atoms with Gasteiger partial charge in [0.15, 0.2) is 0 Å². The molecule has 0 heterocycles. The monoisotopic (exact) mass is 282 g/mol. The standard InChI is InChI=1S/C14H19ClN2O2/c15-11-8-9(16)6-7-10(11)14(19)17-12-4-2-1-3-5-13(12)18/h6-8,12-13,18H,1-5,16H2,(H,17,19). The van der Waals surface area contributed by atoms with Gasteiger partial charge in [0.25, 0.3) is 5.91 Å². The van der Waals surface area contributed by atoms with Crippen LogP contribution in [0.1, 0.15) is 42.5 Å². The zero-order valence-electron chi connectivity index (χ0n) is 10.7. The number of anilines is 1. The SMILES string of the molecule is Nc1ccc(C(=O)NC2CCCCCC2O)c(Cl)c1. The number of carbonyl (C=O) groups is 1. The Morgan fingerprint density at radius 3 is 2.79 bits per heavy atom. The van der Waals surface area contributed by atoms with Crippen LogP contribution in [0.25, 0.3) is 0 Å². The summed E-state index contributed by atoms with van der Waals surface area (Å²) >= 11 is 6.01. The molecule has 4 N–H and O–H groups in total. The molecule has 19 heavy (non-hydrogen) atoms. The molecule has 1 aliphatic carbocycles. The minimum absolute atomic E-state index is 0.191. The van der Waals surface area contributed by atoms with Gasteiger partial charge in [0.05, 0.1) is 22.7 Å². The van der Waals surface area contributed by atoms with Crippen LogP contribution in [-0.2, 0) is 0 Å². The average molecular weight is 283 g/mol. The minimum Gasteiger partial charge on any atom is -0.399 e. The second-order valence-corrected chi connectivity index (χ2v) is 5.43. The van der Waals surface area contributed by atoms with E-state index in [2.05, 4.69) is 5.32 Å². The molecule has 0 aliphatic heterocycles. The topological polar surface area (TPSA) is 75.4 Å². The largest absolute Gasteiger partial charge is 0.399 e. The van der Waals surface area contributed by atoms with Gasteiger partial charge in [-0.2, -0.15) is 0 Å². The summed E-state index contributed by atoms with van der Waals surface area (Å²) in [5, 5.41) is 13.2. The van der Waals surface area contributed by atoms with Crippen molar-refractivity contribution in [3.8, 4) is 0 Å². The molecule has 1 saturated carbocycles. The molecule has 0 bridgehead atoms. The molecular formula is C14H19ClN2O2. The lowest BCUT2D eigenvalue weighted by Gasteiger charge is -2.22. The third-order valence-corrected chi connectivity index (χ3v) is 3.85. The third-order valence-electron chi connectivity index (χ3n) is 3.53. The normalized spacial score (nSPS) is 23.7. The van der Waals surface area contributed by atoms with Gasteiger partial charge in [-0.1, -0.05) is 30.9 Å². The van der Waals surface area contributed by atoms with Crippen LogP contribution in [0.4, 0.5) is 5.69 Å². The van der Waals surface area contributed by atoms with Gasteiger partial charge in [0.2, 0.25) is 0 Å². The molecule has 0 radical (unpaired) electrons. The third kappa shape index (κ3) is 3.61. The van der Waals surface area contributed by atoms with E-state index in [4.69, 9.17) is 17.3 Å². The van der Waals surface area contributed by atoms with E-state index >= 15 is 0 Å². The summed E-state index contributed by atoms with van der Waals surface area (Å²) in [7, 11) is 0. The number of carbonyl (C=O) groups excluding carboxylic acids is 1. The Balaban J connectivity index is 2.07. The number of nitrogen functional groups attached to an aromatic ring is 1. The van der Waals surface area contributed by atoms with Crippen LogP contribution in [0.15, 0.2) is 18.2 Å². The molecule has 0 aromatic heterocycles. The summed E-state index contributed by atoms with van der Waals surface area (Å²) in [6.07, 6.45) is 4.21. The maximum absolute atomic E-state index is 12.2. The Labute approximate surface area is 117 Å². The Bertz CT molecular complexity index is 465. The molecule has 1 aromatic carbocycles. The smallest absolute Gasteiger partial charge is 0.253 e. The van der Waals surface area contributed by atoms with Crippen LogP contribution in [0.3, 0.4) is 0 Å². The van der Waals surface area contributed by atoms with Gasteiger partial charge in [-0.05, 0) is 31.0 Å². The van der Waals surface area contributed by atoms with Crippen molar-refractivity contribution in [3.05, 3.63) is 28.8 Å². The minimum atomic E-state index is -0.473. The first kappa shape index (κ1) is 14.2. The highest BCUT2D eigenvalue weighted by molar-refractivity contribution is 6.34. The van der Waals surface area contributed by atoms with Gasteiger partial charge in [-0.15, -0.1) is 0 Å². The summed E-state index contributed by atoms with van der Waals surface area (Å²) < 4.78 is 0. The van der Waals surface area contributed by atoms with E-state index < -0.39 is 6.10 Å². The lowest BCUT2D eigenvalue weighted by Crippen LogP contribution is -2.42. The maximum Gasteiger partial charge on any atom is 0.253 e. The van der Waals surface area contributed by atoms with Crippen molar-refractivity contribution < 1.29 is 9.90 Å². The predicted octanol–water partition coefficient (Wildman–Crippen LogP) is 2.35. The Hall–Kier alpha value is -1.26. The quantitative estimate of drug-likeness (QED) is 0.576. The molecule has 104 valence electrons. The molecule has 1 aromatic rings. The lowest BCUT2D eigenvalue weighted by atomic mass is 10.1. The number of halogens is 1. The Morgan fingerprint density at radius 1 is 1.32 bits per heavy atom. The molecule has 2 unspecified atom stereocenters. The Morgan fingerprint density at radius 2 is 2.05 bits per heavy atom. The first-order valence-electron chi connectivity index (χ1n) is 6.62. The zero-order chi connectivity index (χ0) is 13.8. The van der Waals surface area contributed by atoms with E-state index in [-0.39, 0.29) is 11.9 Å². The molecule has 1 amide bonds. The number of hydrogen-bond donors (Lipinski definition) is 3. The van der Waals surface area contributed by atoms with E-state index in [9.17, 15) is 9.90 Å². The fourth-order valence-corrected chi connectivity index (χ4v) is 2.69. The number of aliphatic hydroxyl groups is 1. The number of nitrogens with two attached hydrogens (primary N) is 1. The molecule has 1 fully saturated rings. The van der Waals surface area contributed by atoms with E-state index in [1.165, 1.54) is 0 Å². The maximum atomic E-state index is 12.2. The average Bonchev–Trinajstić information content (AvgIpc) is 2.55. The van der Waals surface area contributed by atoms with Crippen molar-refractivity contribution >= 4 is 23.2 Å². The van der Waals surface area contributed by atoms with E-state index in [1.807, 2.05) is 0 Å². The van der Waals surface area contributed by atoms with Crippen LogP contribution >= 0.6 is 11.6 Å². The van der Waals surface area contributed by atoms with Crippen molar-refractivity contribution in [2.75, 3.05) is 5.73 Å². The summed E-state index contributed by atoms with van der Waals surface area (Å²) in [5.41, 5.74) is 6.52. The molecule has 5 heteroatoms. The van der Waals surface area contributed by atoms with E-state index in [1.54, 1.807) is 18.2 Å². The molecule has 0 spiro atoms. The second kappa shape index (κ2) is 6.26. The van der Waals surface area contributed by atoms with Gasteiger partial charge in [0.1, 0.15) is 0 Å². The summed E-state index contributed by atoms with van der Waals surface area (Å²) in [5.74, 6) is -0.254. The zero-order valence-corrected chi connectivity index (χ0v) is 11.5. The fourth-order valence-electron chi connectivity index (χ4n) is 2.42. The first-order chi connectivity index (χ1) is 9.08. The number of nitrogens with one attached hydrogen (secondary N) is 1. The van der Waals surface area contributed by atoms with Crippen LogP contribution < -0.4 is 11.1 Å². The van der Waals surface area contributed by atoms with E-state index in [0.717, 1.165) is 32.1 Å². The highest BCUT2D eigenvalue weighted by Crippen LogP contribution is 2.21. The number of amides is 1. The molecule has 2 rings (SSSR count). The number of hydrogen-bond acceptors (Lipinski definition) is 3. The lowest BCUT2D eigenvalue weighted by molar-refractivity contribution is 0.0819. The van der Waals surface area contributed by atoms with E-state index in [0.29, 0.717) is 16.3 Å². The van der Waals surface area contributed by atoms with Gasteiger partial charge in [-0.3, -0.25) is 4.79 Å². The van der Waals surface area contributed by atoms with Gasteiger partial charge in [-0.25, -0.2) is 0 Å². The number of aliphatic hydroxyl groups excluding tert-OH is 1. The molecule has 0 saturated heterocycles. The Kier molecular flexibility index (Phi) is 4.66. The predicted molar refractivity (Wildman–Crippen MR) is 76.2 cm³/mol. The van der Waals surface area contributed by atoms with Crippen molar-refractivity contribution in [1.82, 2.24) is 5.32 Å². The van der Waals surface area contributed by atoms with Crippen molar-refractivity contribution in [3.63, 3.8) is 0 Å². The first-order valence-corrected chi connectivity index (χ1v) is 6.99. The highest BCUT2D eigenvalue weighted by atomic mass is 35.5. The molecular weight excluding hydrogens is 264 g/mol. The van der Waals surface area contributed by atoms with Crippen molar-refractivity contribution in [2.45, 2.75) is 44.2 Å².